The number of hydrogen-bond donors (Lipinski definition) is 1. The van der Waals surface area contributed by atoms with Crippen molar-refractivity contribution in [1.29, 1.82) is 5.26 Å². The summed E-state index contributed by atoms with van der Waals surface area (Å²) in [7, 11) is 0. The molecule has 0 aliphatic heterocycles. The first kappa shape index (κ1) is 15.5. The maximum absolute atomic E-state index is 13.8. The predicted octanol–water partition coefficient (Wildman–Crippen LogP) is 3.84. The molecule has 0 bridgehead atoms. The fourth-order valence-corrected chi connectivity index (χ4v) is 2.63. The molecular weight excluding hydrogens is 337 g/mol. The van der Waals surface area contributed by atoms with Crippen LogP contribution in [0.2, 0.25) is 0 Å². The van der Waals surface area contributed by atoms with Gasteiger partial charge in [0.05, 0.1) is 18.2 Å². The minimum absolute atomic E-state index is 0.0347. The highest BCUT2D eigenvalue weighted by atomic mass is 79.9. The van der Waals surface area contributed by atoms with Crippen LogP contribution >= 0.6 is 15.9 Å². The van der Waals surface area contributed by atoms with Crippen molar-refractivity contribution in [2.75, 3.05) is 0 Å². The van der Waals surface area contributed by atoms with E-state index in [0.717, 1.165) is 10.0 Å². The summed E-state index contributed by atoms with van der Waals surface area (Å²) in [5, 5.41) is 18.1. The quantitative estimate of drug-likeness (QED) is 0.912. The highest BCUT2D eigenvalue weighted by Gasteiger charge is 2.10. The number of benzene rings is 2. The first-order valence-corrected chi connectivity index (χ1v) is 7.05. The topological polar surface area (TPSA) is 53.2 Å². The van der Waals surface area contributed by atoms with Crippen LogP contribution in [0.5, 0.6) is 5.75 Å². The Bertz CT molecular complexity index is 710. The predicted molar refractivity (Wildman–Crippen MR) is 80.2 cm³/mol. The van der Waals surface area contributed by atoms with Crippen molar-refractivity contribution in [1.82, 2.24) is 0 Å². The van der Waals surface area contributed by atoms with Gasteiger partial charge in [-0.1, -0.05) is 22.0 Å². The second-order valence-electron chi connectivity index (χ2n) is 4.58. The van der Waals surface area contributed by atoms with Gasteiger partial charge in [0.2, 0.25) is 0 Å². The van der Waals surface area contributed by atoms with Gasteiger partial charge in [0.25, 0.3) is 0 Å². The van der Waals surface area contributed by atoms with Crippen molar-refractivity contribution in [3.8, 4) is 11.8 Å². The molecule has 21 heavy (non-hydrogen) atoms. The van der Waals surface area contributed by atoms with E-state index in [1.165, 1.54) is 12.1 Å². The van der Waals surface area contributed by atoms with Gasteiger partial charge < -0.3 is 9.84 Å². The maximum Gasteiger partial charge on any atom is 0.131 e. The fourth-order valence-electron chi connectivity index (χ4n) is 2.01. The lowest BCUT2D eigenvalue weighted by molar-refractivity contribution is 0.256. The molecule has 0 unspecified atom stereocenters. The Morgan fingerprint density at radius 2 is 2.05 bits per heavy atom. The minimum Gasteiger partial charge on any atom is -0.488 e. The lowest BCUT2D eigenvalue weighted by atomic mass is 10.1. The normalized spacial score (nSPS) is 10.2. The lowest BCUT2D eigenvalue weighted by Gasteiger charge is -2.14. The number of rotatable bonds is 4. The summed E-state index contributed by atoms with van der Waals surface area (Å²) >= 11 is 3.35. The first-order valence-electron chi connectivity index (χ1n) is 6.26. The van der Waals surface area contributed by atoms with E-state index in [2.05, 4.69) is 15.9 Å². The average molecular weight is 350 g/mol. The molecule has 0 spiro atoms. The van der Waals surface area contributed by atoms with E-state index in [0.29, 0.717) is 16.9 Å². The molecule has 0 saturated heterocycles. The second-order valence-corrected chi connectivity index (χ2v) is 5.49. The van der Waals surface area contributed by atoms with Crippen LogP contribution in [0.25, 0.3) is 0 Å². The number of aliphatic hydroxyl groups is 1. The molecule has 2 rings (SSSR count). The fraction of sp³-hybridized carbons (Fsp3) is 0.188. The van der Waals surface area contributed by atoms with E-state index in [-0.39, 0.29) is 18.8 Å². The zero-order valence-corrected chi connectivity index (χ0v) is 12.9. The van der Waals surface area contributed by atoms with Crippen molar-refractivity contribution in [2.24, 2.45) is 0 Å². The Hall–Kier alpha value is -1.90. The summed E-state index contributed by atoms with van der Waals surface area (Å²) in [6.45, 7) is 1.73. The third-order valence-corrected chi connectivity index (χ3v) is 3.50. The number of aryl methyl sites for hydroxylation is 1. The molecule has 1 N–H and O–H groups in total. The zero-order chi connectivity index (χ0) is 15.4. The summed E-state index contributed by atoms with van der Waals surface area (Å²) in [4.78, 5) is 0. The molecule has 0 aromatic heterocycles. The summed E-state index contributed by atoms with van der Waals surface area (Å²) in [5.41, 5.74) is 2.12. The molecule has 0 aliphatic carbocycles. The van der Waals surface area contributed by atoms with Gasteiger partial charge in [0.15, 0.2) is 0 Å². The van der Waals surface area contributed by atoms with Crippen LogP contribution < -0.4 is 4.74 Å². The van der Waals surface area contributed by atoms with Gasteiger partial charge in [-0.3, -0.25) is 0 Å². The van der Waals surface area contributed by atoms with Crippen molar-refractivity contribution in [3.05, 3.63) is 62.9 Å². The number of nitriles is 1. The smallest absolute Gasteiger partial charge is 0.131 e. The summed E-state index contributed by atoms with van der Waals surface area (Å²) in [6, 6.07) is 9.76. The van der Waals surface area contributed by atoms with Crippen LogP contribution in [0.1, 0.15) is 22.3 Å². The van der Waals surface area contributed by atoms with Crippen LogP contribution in [0.3, 0.4) is 0 Å². The third kappa shape index (κ3) is 3.60. The van der Waals surface area contributed by atoms with E-state index in [1.54, 1.807) is 12.1 Å². The highest BCUT2D eigenvalue weighted by molar-refractivity contribution is 9.10. The molecule has 0 saturated carbocycles. The Morgan fingerprint density at radius 3 is 2.67 bits per heavy atom. The van der Waals surface area contributed by atoms with Crippen molar-refractivity contribution >= 4 is 15.9 Å². The van der Waals surface area contributed by atoms with E-state index in [9.17, 15) is 9.50 Å². The molecule has 0 radical (unpaired) electrons. The Labute approximate surface area is 130 Å². The maximum atomic E-state index is 13.8. The third-order valence-electron chi connectivity index (χ3n) is 3.04. The van der Waals surface area contributed by atoms with E-state index >= 15 is 0 Å². The number of ether oxygens (including phenoxy) is 1. The first-order chi connectivity index (χ1) is 10.0. The standard InChI is InChI=1S/C16H13BrFNO2/c1-10-4-14(17)6-13(8-20)16(10)21-9-12-3-2-11(7-19)5-15(12)18/h2-6,20H,8-9H2,1H3. The average Bonchev–Trinajstić information content (AvgIpc) is 2.46. The van der Waals surface area contributed by atoms with Gasteiger partial charge in [0.1, 0.15) is 18.2 Å². The van der Waals surface area contributed by atoms with Crippen molar-refractivity contribution < 1.29 is 14.2 Å². The molecule has 0 fully saturated rings. The summed E-state index contributed by atoms with van der Waals surface area (Å²) in [6.07, 6.45) is 0. The Balaban J connectivity index is 2.23. The van der Waals surface area contributed by atoms with Gasteiger partial charge >= 0.3 is 0 Å². The van der Waals surface area contributed by atoms with Crippen LogP contribution in [0.15, 0.2) is 34.8 Å². The molecule has 0 aliphatic rings. The van der Waals surface area contributed by atoms with E-state index in [4.69, 9.17) is 10.00 Å². The van der Waals surface area contributed by atoms with Crippen LogP contribution in [-0.4, -0.2) is 5.11 Å². The summed E-state index contributed by atoms with van der Waals surface area (Å²) in [5.74, 6) is 0.0684. The van der Waals surface area contributed by atoms with E-state index in [1.807, 2.05) is 19.1 Å². The van der Waals surface area contributed by atoms with Gasteiger partial charge in [-0.2, -0.15) is 5.26 Å². The minimum atomic E-state index is -0.477. The molecule has 5 heteroatoms. The number of nitrogens with zero attached hydrogens (tertiary/aromatic N) is 1. The van der Waals surface area contributed by atoms with Gasteiger partial charge in [0, 0.05) is 15.6 Å². The Kier molecular flexibility index (Phi) is 4.94. The van der Waals surface area contributed by atoms with Crippen LogP contribution in [0.4, 0.5) is 4.39 Å². The highest BCUT2D eigenvalue weighted by Crippen LogP contribution is 2.29. The number of aliphatic hydroxyl groups excluding tert-OH is 1. The molecule has 0 heterocycles. The molecule has 0 atom stereocenters. The molecule has 108 valence electrons. The molecular formula is C16H13BrFNO2. The SMILES string of the molecule is Cc1cc(Br)cc(CO)c1OCc1ccc(C#N)cc1F. The van der Waals surface area contributed by atoms with Crippen LogP contribution in [0, 0.1) is 24.1 Å². The molecule has 2 aromatic rings. The number of hydrogen-bond acceptors (Lipinski definition) is 3. The van der Waals surface area contributed by atoms with Gasteiger partial charge in [-0.15, -0.1) is 0 Å². The summed E-state index contributed by atoms with van der Waals surface area (Å²) < 4.78 is 20.3. The molecule has 0 amide bonds. The largest absolute Gasteiger partial charge is 0.488 e. The number of halogens is 2. The second kappa shape index (κ2) is 6.70. The molecule has 2 aromatic carbocycles. The van der Waals surface area contributed by atoms with Crippen LogP contribution in [-0.2, 0) is 13.2 Å². The zero-order valence-electron chi connectivity index (χ0n) is 11.4. The van der Waals surface area contributed by atoms with Crippen molar-refractivity contribution in [3.63, 3.8) is 0 Å². The van der Waals surface area contributed by atoms with Gasteiger partial charge in [-0.05, 0) is 36.8 Å². The van der Waals surface area contributed by atoms with Crippen molar-refractivity contribution in [2.45, 2.75) is 20.1 Å². The monoisotopic (exact) mass is 349 g/mol. The lowest BCUT2D eigenvalue weighted by Crippen LogP contribution is -2.03. The molecule has 3 nitrogen and oxygen atoms in total. The van der Waals surface area contributed by atoms with Gasteiger partial charge in [-0.25, -0.2) is 4.39 Å². The Morgan fingerprint density at radius 1 is 1.29 bits per heavy atom. The van der Waals surface area contributed by atoms with E-state index < -0.39 is 5.82 Å².